The Bertz CT molecular complexity index is 597. The molecule has 0 amide bonds. The van der Waals surface area contributed by atoms with E-state index in [9.17, 15) is 9.18 Å². The molecule has 0 aromatic carbocycles. The number of halogens is 2. The van der Waals surface area contributed by atoms with Crippen molar-refractivity contribution in [3.05, 3.63) is 28.8 Å². The Hall–Kier alpha value is -1.82. The second kappa shape index (κ2) is 4.21. The Morgan fingerprint density at radius 3 is 3.06 bits per heavy atom. The highest BCUT2D eigenvalue weighted by Gasteiger charge is 2.19. The molecule has 0 radical (unpaired) electrons. The van der Waals surface area contributed by atoms with Gasteiger partial charge in [0.1, 0.15) is 11.6 Å². The summed E-state index contributed by atoms with van der Waals surface area (Å²) in [5.41, 5.74) is 5.83. The van der Waals surface area contributed by atoms with Crippen LogP contribution < -0.4 is 5.73 Å². The van der Waals surface area contributed by atoms with Crippen LogP contribution in [0, 0.1) is 5.82 Å². The first-order chi connectivity index (χ1) is 8.04. The van der Waals surface area contributed by atoms with E-state index in [1.807, 2.05) is 0 Å². The molecule has 2 aromatic heterocycles. The van der Waals surface area contributed by atoms with Gasteiger partial charge in [-0.15, -0.1) is 0 Å². The van der Waals surface area contributed by atoms with Crippen LogP contribution in [0.5, 0.6) is 0 Å². The summed E-state index contributed by atoms with van der Waals surface area (Å²) >= 11 is 5.80. The Balaban J connectivity index is 2.64. The molecule has 2 aromatic rings. The van der Waals surface area contributed by atoms with Gasteiger partial charge in [-0.25, -0.2) is 14.2 Å². The first-order valence-electron chi connectivity index (χ1n) is 4.84. The number of ether oxygens (including phenoxy) is 1. The van der Waals surface area contributed by atoms with Crippen molar-refractivity contribution in [3.63, 3.8) is 0 Å². The highest BCUT2D eigenvalue weighted by Crippen LogP contribution is 2.23. The fourth-order valence-electron chi connectivity index (χ4n) is 1.44. The lowest BCUT2D eigenvalue weighted by Crippen LogP contribution is -2.08. The first-order valence-corrected chi connectivity index (χ1v) is 5.22. The van der Waals surface area contributed by atoms with Gasteiger partial charge in [0.2, 0.25) is 0 Å². The smallest absolute Gasteiger partial charge is 0.360 e. The third-order valence-electron chi connectivity index (χ3n) is 2.15. The minimum absolute atomic E-state index is 0.000139. The molecule has 0 saturated heterocycles. The van der Waals surface area contributed by atoms with E-state index < -0.39 is 11.8 Å². The number of carbonyl (C=O) groups is 1. The Labute approximate surface area is 101 Å². The predicted molar refractivity (Wildman–Crippen MR) is 60.5 cm³/mol. The fraction of sp³-hybridized carbons (Fsp3) is 0.200. The van der Waals surface area contributed by atoms with E-state index in [1.165, 1.54) is 4.40 Å². The molecule has 0 saturated carbocycles. The standard InChI is InChI=1S/C10H9ClFN3O2/c1-2-17-10(16)7-8(13)15-4-5(12)3-6(11)9(15)14-7/h3-4H,2,13H2,1H3. The van der Waals surface area contributed by atoms with Crippen LogP contribution in [0.3, 0.4) is 0 Å². The van der Waals surface area contributed by atoms with Crippen molar-refractivity contribution >= 4 is 29.0 Å². The van der Waals surface area contributed by atoms with Gasteiger partial charge >= 0.3 is 5.97 Å². The maximum absolute atomic E-state index is 13.1. The highest BCUT2D eigenvalue weighted by atomic mass is 35.5. The molecular weight excluding hydrogens is 249 g/mol. The second-order valence-corrected chi connectivity index (χ2v) is 3.67. The minimum Gasteiger partial charge on any atom is -0.461 e. The van der Waals surface area contributed by atoms with Gasteiger partial charge in [0.15, 0.2) is 11.3 Å². The van der Waals surface area contributed by atoms with Crippen LogP contribution in [0.4, 0.5) is 10.2 Å². The lowest BCUT2D eigenvalue weighted by atomic mass is 10.4. The molecule has 0 unspecified atom stereocenters. The molecule has 0 aliphatic heterocycles. The van der Waals surface area contributed by atoms with E-state index in [-0.39, 0.29) is 28.8 Å². The van der Waals surface area contributed by atoms with E-state index in [2.05, 4.69) is 4.98 Å². The molecule has 0 spiro atoms. The number of nitrogen functional groups attached to an aromatic ring is 1. The topological polar surface area (TPSA) is 69.6 Å². The highest BCUT2D eigenvalue weighted by molar-refractivity contribution is 6.33. The number of anilines is 1. The van der Waals surface area contributed by atoms with E-state index in [1.54, 1.807) is 6.92 Å². The average Bonchev–Trinajstić information content (AvgIpc) is 2.57. The number of carbonyl (C=O) groups excluding carboxylic acids is 1. The van der Waals surface area contributed by atoms with Gasteiger partial charge in [-0.1, -0.05) is 11.6 Å². The molecule has 0 fully saturated rings. The number of nitrogens with two attached hydrogens (primary N) is 1. The molecule has 90 valence electrons. The van der Waals surface area contributed by atoms with Gasteiger partial charge in [0, 0.05) is 6.20 Å². The van der Waals surface area contributed by atoms with Crippen LogP contribution in [0.2, 0.25) is 5.02 Å². The quantitative estimate of drug-likeness (QED) is 0.834. The summed E-state index contributed by atoms with van der Waals surface area (Å²) in [5, 5.41) is 0.0762. The molecule has 5 nitrogen and oxygen atoms in total. The Morgan fingerprint density at radius 2 is 2.41 bits per heavy atom. The Morgan fingerprint density at radius 1 is 1.71 bits per heavy atom. The van der Waals surface area contributed by atoms with Crippen molar-refractivity contribution in [2.45, 2.75) is 6.92 Å². The molecule has 2 N–H and O–H groups in total. The molecule has 2 heterocycles. The third-order valence-corrected chi connectivity index (χ3v) is 2.43. The maximum Gasteiger partial charge on any atom is 0.360 e. The maximum atomic E-state index is 13.1. The molecule has 7 heteroatoms. The summed E-state index contributed by atoms with van der Waals surface area (Å²) in [7, 11) is 0. The molecule has 0 aliphatic rings. The predicted octanol–water partition coefficient (Wildman–Crippen LogP) is 1.89. The normalized spacial score (nSPS) is 10.8. The molecule has 0 bridgehead atoms. The van der Waals surface area contributed by atoms with Crippen molar-refractivity contribution < 1.29 is 13.9 Å². The van der Waals surface area contributed by atoms with Crippen molar-refractivity contribution in [2.24, 2.45) is 0 Å². The Kier molecular flexibility index (Phi) is 2.89. The van der Waals surface area contributed by atoms with Crippen LogP contribution in [0.1, 0.15) is 17.4 Å². The van der Waals surface area contributed by atoms with Crippen molar-refractivity contribution in [2.75, 3.05) is 12.3 Å². The number of hydrogen-bond donors (Lipinski definition) is 1. The van der Waals surface area contributed by atoms with Gasteiger partial charge in [-0.05, 0) is 13.0 Å². The van der Waals surface area contributed by atoms with Gasteiger partial charge < -0.3 is 10.5 Å². The summed E-state index contributed by atoms with van der Waals surface area (Å²) in [4.78, 5) is 15.5. The number of rotatable bonds is 2. The van der Waals surface area contributed by atoms with E-state index >= 15 is 0 Å². The largest absolute Gasteiger partial charge is 0.461 e. The van der Waals surface area contributed by atoms with Gasteiger partial charge in [-0.2, -0.15) is 0 Å². The summed E-state index contributed by atoms with van der Waals surface area (Å²) in [6.45, 7) is 1.87. The summed E-state index contributed by atoms with van der Waals surface area (Å²) in [6, 6.07) is 1.10. The minimum atomic E-state index is -0.662. The summed E-state index contributed by atoms with van der Waals surface area (Å²) in [5.74, 6) is -1.23. The van der Waals surface area contributed by atoms with Crippen molar-refractivity contribution in [1.29, 1.82) is 0 Å². The van der Waals surface area contributed by atoms with Crippen molar-refractivity contribution in [3.8, 4) is 0 Å². The lowest BCUT2D eigenvalue weighted by molar-refractivity contribution is 0.0521. The zero-order valence-electron chi connectivity index (χ0n) is 8.91. The molecule has 2 rings (SSSR count). The van der Waals surface area contributed by atoms with E-state index in [4.69, 9.17) is 22.1 Å². The van der Waals surface area contributed by atoms with E-state index in [0.717, 1.165) is 12.3 Å². The van der Waals surface area contributed by atoms with Crippen LogP contribution in [0.15, 0.2) is 12.3 Å². The SMILES string of the molecule is CCOC(=O)c1nc2c(Cl)cc(F)cn2c1N. The van der Waals surface area contributed by atoms with Crippen LogP contribution in [0.25, 0.3) is 5.65 Å². The molecular formula is C10H9ClFN3O2. The fourth-order valence-corrected chi connectivity index (χ4v) is 1.68. The van der Waals surface area contributed by atoms with Crippen LogP contribution in [-0.2, 0) is 4.74 Å². The van der Waals surface area contributed by atoms with Gasteiger partial charge in [0.05, 0.1) is 11.6 Å². The van der Waals surface area contributed by atoms with E-state index in [0.29, 0.717) is 0 Å². The van der Waals surface area contributed by atoms with Crippen molar-refractivity contribution in [1.82, 2.24) is 9.38 Å². The number of aromatic nitrogens is 2. The lowest BCUT2D eigenvalue weighted by Gasteiger charge is -1.99. The number of fused-ring (bicyclic) bond motifs is 1. The average molecular weight is 258 g/mol. The van der Waals surface area contributed by atoms with Gasteiger partial charge in [0.25, 0.3) is 0 Å². The second-order valence-electron chi connectivity index (χ2n) is 3.27. The number of esters is 1. The zero-order valence-corrected chi connectivity index (χ0v) is 9.66. The molecule has 0 atom stereocenters. The molecule has 17 heavy (non-hydrogen) atoms. The monoisotopic (exact) mass is 257 g/mol. The third kappa shape index (κ3) is 1.91. The number of hydrogen-bond acceptors (Lipinski definition) is 4. The summed E-state index contributed by atoms with van der Waals surface area (Å²) in [6.07, 6.45) is 1.10. The number of pyridine rings is 1. The zero-order chi connectivity index (χ0) is 12.6. The molecule has 0 aliphatic carbocycles. The first kappa shape index (κ1) is 11.7. The summed E-state index contributed by atoms with van der Waals surface area (Å²) < 4.78 is 19.1. The van der Waals surface area contributed by atoms with Gasteiger partial charge in [-0.3, -0.25) is 4.40 Å². The number of imidazole rings is 1. The van der Waals surface area contributed by atoms with Crippen LogP contribution >= 0.6 is 11.6 Å². The number of nitrogens with zero attached hydrogens (tertiary/aromatic N) is 2. The van der Waals surface area contributed by atoms with Crippen LogP contribution in [-0.4, -0.2) is 22.0 Å².